The van der Waals surface area contributed by atoms with Crippen LogP contribution in [0.4, 0.5) is 5.69 Å². The predicted octanol–water partition coefficient (Wildman–Crippen LogP) is 0.707. The van der Waals surface area contributed by atoms with Crippen molar-refractivity contribution in [3.05, 3.63) is 33.9 Å². The summed E-state index contributed by atoms with van der Waals surface area (Å²) in [5.74, 6) is -0.747. The number of carbonyl (C=O) groups is 2. The van der Waals surface area contributed by atoms with E-state index < -0.39 is 10.9 Å². The van der Waals surface area contributed by atoms with Crippen molar-refractivity contribution in [3.8, 4) is 5.75 Å². The van der Waals surface area contributed by atoms with E-state index in [4.69, 9.17) is 4.74 Å². The Morgan fingerprint density at radius 2 is 2.17 bits per heavy atom. The van der Waals surface area contributed by atoms with Crippen LogP contribution in [-0.2, 0) is 9.59 Å². The molecule has 23 heavy (non-hydrogen) atoms. The van der Waals surface area contributed by atoms with Crippen molar-refractivity contribution in [2.45, 2.75) is 18.2 Å². The molecule has 9 heteroatoms. The highest BCUT2D eigenvalue weighted by Crippen LogP contribution is 2.41. The van der Waals surface area contributed by atoms with E-state index in [0.29, 0.717) is 17.9 Å². The second kappa shape index (κ2) is 7.32. The summed E-state index contributed by atoms with van der Waals surface area (Å²) in [7, 11) is 1.35. The number of carbonyl (C=O) groups excluding carboxylic acids is 2. The second-order valence-corrected chi connectivity index (χ2v) is 6.06. The first-order chi connectivity index (χ1) is 10.9. The van der Waals surface area contributed by atoms with Crippen molar-refractivity contribution >= 4 is 29.3 Å². The number of hydrogen-bond acceptors (Lipinski definition) is 7. The van der Waals surface area contributed by atoms with Gasteiger partial charge in [-0.2, -0.15) is 0 Å². The Hall–Kier alpha value is -2.29. The van der Waals surface area contributed by atoms with Crippen LogP contribution in [0.1, 0.15) is 23.8 Å². The monoisotopic (exact) mass is 339 g/mol. The number of rotatable bonds is 6. The average Bonchev–Trinajstić information content (AvgIpc) is 3.01. The van der Waals surface area contributed by atoms with Gasteiger partial charge in [0.05, 0.1) is 12.0 Å². The van der Waals surface area contributed by atoms with E-state index in [9.17, 15) is 24.8 Å². The van der Waals surface area contributed by atoms with Gasteiger partial charge in [0.25, 0.3) is 0 Å². The van der Waals surface area contributed by atoms with Gasteiger partial charge in [0.2, 0.25) is 5.91 Å². The summed E-state index contributed by atoms with van der Waals surface area (Å²) in [5.41, 5.74) is 0.446. The number of amides is 1. The lowest BCUT2D eigenvalue weighted by molar-refractivity contribution is -0.385. The van der Waals surface area contributed by atoms with Crippen molar-refractivity contribution in [1.82, 2.24) is 4.90 Å². The van der Waals surface area contributed by atoms with E-state index in [2.05, 4.69) is 0 Å². The number of carboxylic acids is 1. The summed E-state index contributed by atoms with van der Waals surface area (Å²) in [5, 5.41) is 21.2. The number of carboxylic acid groups (broad SMARTS) is 1. The van der Waals surface area contributed by atoms with Crippen LogP contribution in [0.15, 0.2) is 18.2 Å². The number of methoxy groups -OCH3 is 1. The molecule has 0 spiro atoms. The van der Waals surface area contributed by atoms with Crippen LogP contribution in [0.25, 0.3) is 0 Å². The normalized spacial score (nSPS) is 17.1. The van der Waals surface area contributed by atoms with E-state index in [-0.39, 0.29) is 35.6 Å². The van der Waals surface area contributed by atoms with E-state index >= 15 is 0 Å². The Morgan fingerprint density at radius 3 is 2.78 bits per heavy atom. The van der Waals surface area contributed by atoms with Gasteiger partial charge in [-0.05, 0) is 18.1 Å². The van der Waals surface area contributed by atoms with Crippen LogP contribution >= 0.6 is 11.8 Å². The Labute approximate surface area is 136 Å². The van der Waals surface area contributed by atoms with Gasteiger partial charge in [-0.15, -0.1) is 11.8 Å². The molecule has 1 fully saturated rings. The molecule has 1 heterocycles. The van der Waals surface area contributed by atoms with Crippen molar-refractivity contribution in [2.75, 3.05) is 19.4 Å². The smallest absolute Gasteiger partial charge is 0.311 e. The molecule has 124 valence electrons. The molecule has 0 N–H and O–H groups in total. The number of nitro benzene ring substituents is 1. The third-order valence-corrected chi connectivity index (χ3v) is 4.70. The van der Waals surface area contributed by atoms with Gasteiger partial charge >= 0.3 is 5.69 Å². The van der Waals surface area contributed by atoms with Gasteiger partial charge < -0.3 is 19.5 Å². The number of aliphatic carboxylic acids is 1. The minimum atomic E-state index is -1.28. The lowest BCUT2D eigenvalue weighted by atomic mass is 10.1. The van der Waals surface area contributed by atoms with E-state index in [0.717, 1.165) is 0 Å². The zero-order chi connectivity index (χ0) is 17.0. The topological polar surface area (TPSA) is 113 Å². The van der Waals surface area contributed by atoms with Crippen LogP contribution in [0, 0.1) is 10.1 Å². The largest absolute Gasteiger partial charge is 0.550 e. The number of thioether (sulfide) groups is 1. The molecule has 2 rings (SSSR count). The zero-order valence-corrected chi connectivity index (χ0v) is 13.2. The molecular formula is C14H15N2O6S-. The van der Waals surface area contributed by atoms with E-state index in [1.165, 1.54) is 31.0 Å². The van der Waals surface area contributed by atoms with Gasteiger partial charge in [0.15, 0.2) is 5.75 Å². The molecule has 1 aliphatic rings. The Bertz CT molecular complexity index is 636. The number of nitro groups is 1. The van der Waals surface area contributed by atoms with Crippen LogP contribution < -0.4 is 9.84 Å². The molecule has 1 aromatic carbocycles. The highest BCUT2D eigenvalue weighted by molar-refractivity contribution is 7.99. The predicted molar refractivity (Wildman–Crippen MR) is 80.8 cm³/mol. The molecule has 1 saturated heterocycles. The summed E-state index contributed by atoms with van der Waals surface area (Å²) in [6.45, 7) is 0.473. The van der Waals surface area contributed by atoms with Gasteiger partial charge in [0, 0.05) is 30.8 Å². The highest BCUT2D eigenvalue weighted by atomic mass is 32.2. The molecule has 1 atom stereocenters. The first kappa shape index (κ1) is 17.1. The third kappa shape index (κ3) is 3.92. The van der Waals surface area contributed by atoms with Crippen LogP contribution in [0.2, 0.25) is 0 Å². The molecule has 0 saturated carbocycles. The fourth-order valence-electron chi connectivity index (χ4n) is 2.36. The molecule has 1 amide bonds. The minimum absolute atomic E-state index is 0.141. The number of nitrogens with zero attached hydrogens (tertiary/aromatic N) is 2. The van der Waals surface area contributed by atoms with Crippen LogP contribution in [0.3, 0.4) is 0 Å². The highest BCUT2D eigenvalue weighted by Gasteiger charge is 2.31. The van der Waals surface area contributed by atoms with Gasteiger partial charge in [0.1, 0.15) is 5.37 Å². The maximum Gasteiger partial charge on any atom is 0.311 e. The fourth-order valence-corrected chi connectivity index (χ4v) is 3.62. The maximum atomic E-state index is 12.1. The molecule has 1 aromatic rings. The van der Waals surface area contributed by atoms with Crippen molar-refractivity contribution in [3.63, 3.8) is 0 Å². The summed E-state index contributed by atoms with van der Waals surface area (Å²) < 4.78 is 4.96. The minimum Gasteiger partial charge on any atom is -0.550 e. The molecule has 0 aromatic heterocycles. The summed E-state index contributed by atoms with van der Waals surface area (Å²) >= 11 is 1.48. The number of benzene rings is 1. The lowest BCUT2D eigenvalue weighted by Crippen LogP contribution is -2.32. The Morgan fingerprint density at radius 1 is 1.43 bits per heavy atom. The SMILES string of the molecule is COc1ccc([C@H]2SCCN2C(=O)CCC(=O)[O-])cc1[N+](=O)[O-]. The fraction of sp³-hybridized carbons (Fsp3) is 0.429. The number of hydrogen-bond donors (Lipinski definition) is 0. The second-order valence-electron chi connectivity index (χ2n) is 4.87. The quantitative estimate of drug-likeness (QED) is 0.554. The summed E-state index contributed by atoms with van der Waals surface area (Å²) in [6.07, 6.45) is -0.479. The molecule has 0 unspecified atom stereocenters. The molecule has 1 aliphatic heterocycles. The average molecular weight is 339 g/mol. The van der Waals surface area contributed by atoms with Crippen molar-refractivity contribution in [1.29, 1.82) is 0 Å². The molecule has 0 bridgehead atoms. The summed E-state index contributed by atoms with van der Waals surface area (Å²) in [4.78, 5) is 34.7. The molecule has 0 radical (unpaired) electrons. The van der Waals surface area contributed by atoms with Crippen LogP contribution in [0.5, 0.6) is 5.75 Å². The van der Waals surface area contributed by atoms with Crippen molar-refractivity contribution in [2.24, 2.45) is 0 Å². The first-order valence-corrected chi connectivity index (χ1v) is 7.92. The first-order valence-electron chi connectivity index (χ1n) is 6.87. The standard InChI is InChI=1S/C14H16N2O6S/c1-22-11-3-2-9(8-10(11)16(20)21)14-15(6-7-23-14)12(17)4-5-13(18)19/h2-3,8,14H,4-7H2,1H3,(H,18,19)/p-1/t14-/m1/s1. The third-order valence-electron chi connectivity index (χ3n) is 3.44. The lowest BCUT2D eigenvalue weighted by Gasteiger charge is -2.24. The van der Waals surface area contributed by atoms with E-state index in [1.807, 2.05) is 0 Å². The zero-order valence-electron chi connectivity index (χ0n) is 12.4. The van der Waals surface area contributed by atoms with Crippen molar-refractivity contribution < 1.29 is 24.4 Å². The molecule has 8 nitrogen and oxygen atoms in total. The van der Waals surface area contributed by atoms with Gasteiger partial charge in [-0.25, -0.2) is 0 Å². The van der Waals surface area contributed by atoms with Gasteiger partial charge in [-0.3, -0.25) is 14.9 Å². The molecule has 0 aliphatic carbocycles. The van der Waals surface area contributed by atoms with Gasteiger partial charge in [-0.1, -0.05) is 6.07 Å². The maximum absolute atomic E-state index is 12.1. The van der Waals surface area contributed by atoms with Crippen LogP contribution in [-0.4, -0.2) is 41.1 Å². The summed E-state index contributed by atoms with van der Waals surface area (Å²) in [6, 6.07) is 4.56. The number of ether oxygens (including phenoxy) is 1. The van der Waals surface area contributed by atoms with E-state index in [1.54, 1.807) is 11.0 Å². The molecular weight excluding hydrogens is 324 g/mol. The Kier molecular flexibility index (Phi) is 5.43. The Balaban J connectivity index is 2.22.